The molecule has 0 amide bonds. The van der Waals surface area contributed by atoms with Gasteiger partial charge in [0.15, 0.2) is 12.5 Å². The Morgan fingerprint density at radius 2 is 2.12 bits per heavy atom. The van der Waals surface area contributed by atoms with Crippen molar-refractivity contribution in [2.24, 2.45) is 7.05 Å². The van der Waals surface area contributed by atoms with E-state index < -0.39 is 0 Å². The Labute approximate surface area is 157 Å². The Morgan fingerprint density at radius 1 is 1.32 bits per heavy atom. The summed E-state index contributed by atoms with van der Waals surface area (Å²) in [7, 11) is 2.01. The third-order valence-corrected chi connectivity index (χ3v) is 6.79. The molecule has 1 aliphatic heterocycles. The highest BCUT2D eigenvalue weighted by Crippen LogP contribution is 2.25. The molecule has 130 valence electrons. The third-order valence-electron chi connectivity index (χ3n) is 5.31. The van der Waals surface area contributed by atoms with E-state index in [1.54, 1.807) is 4.88 Å². The molecule has 0 fully saturated rings. The highest BCUT2D eigenvalue weighted by molar-refractivity contribution is 7.71. The zero-order chi connectivity index (χ0) is 17.6. The van der Waals surface area contributed by atoms with Crippen molar-refractivity contribution in [2.45, 2.75) is 33.0 Å². The standard InChI is InChI=1S/C19H22N4S2/c1-13-6-4-5-7-15(13)18-20-23(19(24)21(18)3)12-22-10-8-17-16(14(22)2)9-11-25-17/h4-7,9,11,14H,8,10,12H2,1-3H3/p+1/t14-/m1/s1. The van der Waals surface area contributed by atoms with Crippen LogP contribution in [0.3, 0.4) is 0 Å². The Hall–Kier alpha value is -1.76. The van der Waals surface area contributed by atoms with Crippen molar-refractivity contribution in [1.29, 1.82) is 0 Å². The Kier molecular flexibility index (Phi) is 4.35. The van der Waals surface area contributed by atoms with Crippen LogP contribution in [-0.2, 0) is 20.1 Å². The molecule has 1 N–H and O–H groups in total. The van der Waals surface area contributed by atoms with Crippen LogP contribution in [0.4, 0.5) is 0 Å². The van der Waals surface area contributed by atoms with Gasteiger partial charge in [0, 0.05) is 29.5 Å². The predicted molar refractivity (Wildman–Crippen MR) is 104 cm³/mol. The second-order valence-electron chi connectivity index (χ2n) is 6.82. The minimum absolute atomic E-state index is 0.487. The second kappa shape index (κ2) is 6.52. The molecule has 2 aromatic heterocycles. The predicted octanol–water partition coefficient (Wildman–Crippen LogP) is 3.15. The number of aromatic nitrogens is 3. The summed E-state index contributed by atoms with van der Waals surface area (Å²) in [6.45, 7) is 6.38. The van der Waals surface area contributed by atoms with Gasteiger partial charge in [-0.15, -0.1) is 16.4 Å². The van der Waals surface area contributed by atoms with E-state index in [1.807, 2.05) is 27.6 Å². The van der Waals surface area contributed by atoms with Crippen LogP contribution in [0.2, 0.25) is 0 Å². The number of quaternary nitrogens is 1. The number of hydrogen-bond acceptors (Lipinski definition) is 3. The van der Waals surface area contributed by atoms with Crippen LogP contribution in [0.5, 0.6) is 0 Å². The minimum Gasteiger partial charge on any atom is -0.310 e. The van der Waals surface area contributed by atoms with Crippen molar-refractivity contribution >= 4 is 23.6 Å². The normalized spacial score (nSPS) is 19.8. The molecule has 0 saturated heterocycles. The SMILES string of the molecule is Cc1ccccc1-c1nn(C[NH+]2CCc3sccc3[C@H]2C)c(=S)n1C. The van der Waals surface area contributed by atoms with Gasteiger partial charge in [-0.25, -0.2) is 0 Å². The average Bonchev–Trinajstić information content (AvgIpc) is 3.19. The maximum atomic E-state index is 5.68. The fraction of sp³-hybridized carbons (Fsp3) is 0.368. The van der Waals surface area contributed by atoms with Crippen LogP contribution in [0.25, 0.3) is 11.4 Å². The van der Waals surface area contributed by atoms with Gasteiger partial charge >= 0.3 is 0 Å². The summed E-state index contributed by atoms with van der Waals surface area (Å²) >= 11 is 7.56. The van der Waals surface area contributed by atoms with E-state index in [4.69, 9.17) is 17.3 Å². The average molecular weight is 372 g/mol. The first-order valence-electron chi connectivity index (χ1n) is 8.67. The van der Waals surface area contributed by atoms with E-state index in [0.717, 1.165) is 35.8 Å². The first-order valence-corrected chi connectivity index (χ1v) is 9.95. The molecule has 1 aliphatic rings. The highest BCUT2D eigenvalue weighted by Gasteiger charge is 2.29. The smallest absolute Gasteiger partial charge is 0.202 e. The summed E-state index contributed by atoms with van der Waals surface area (Å²) < 4.78 is 4.82. The summed E-state index contributed by atoms with van der Waals surface area (Å²) in [4.78, 5) is 3.07. The van der Waals surface area contributed by atoms with Gasteiger partial charge in [0.1, 0.15) is 6.04 Å². The van der Waals surface area contributed by atoms with Gasteiger partial charge in [-0.1, -0.05) is 24.3 Å². The number of aryl methyl sites for hydroxylation is 1. The number of thiophene rings is 1. The van der Waals surface area contributed by atoms with Crippen LogP contribution in [0.1, 0.15) is 29.0 Å². The summed E-state index contributed by atoms with van der Waals surface area (Å²) in [5.74, 6) is 0.948. The van der Waals surface area contributed by atoms with Gasteiger partial charge in [0.2, 0.25) is 4.77 Å². The Morgan fingerprint density at radius 3 is 2.92 bits per heavy atom. The fourth-order valence-electron chi connectivity index (χ4n) is 3.71. The monoisotopic (exact) mass is 371 g/mol. The van der Waals surface area contributed by atoms with E-state index in [0.29, 0.717) is 6.04 Å². The number of hydrogen-bond donors (Lipinski definition) is 1. The zero-order valence-electron chi connectivity index (χ0n) is 14.8. The van der Waals surface area contributed by atoms with Crippen LogP contribution >= 0.6 is 23.6 Å². The van der Waals surface area contributed by atoms with Crippen molar-refractivity contribution in [1.82, 2.24) is 14.3 Å². The third kappa shape index (κ3) is 2.88. The number of fused-ring (bicyclic) bond motifs is 1. The lowest BCUT2D eigenvalue weighted by molar-refractivity contribution is -0.954. The van der Waals surface area contributed by atoms with E-state index >= 15 is 0 Å². The molecule has 4 nitrogen and oxygen atoms in total. The van der Waals surface area contributed by atoms with Gasteiger partial charge in [0.25, 0.3) is 0 Å². The van der Waals surface area contributed by atoms with Crippen molar-refractivity contribution < 1.29 is 4.90 Å². The van der Waals surface area contributed by atoms with Crippen LogP contribution in [0.15, 0.2) is 35.7 Å². The van der Waals surface area contributed by atoms with Crippen molar-refractivity contribution in [2.75, 3.05) is 6.54 Å². The molecule has 0 spiro atoms. The fourth-order valence-corrected chi connectivity index (χ4v) is 4.88. The van der Waals surface area contributed by atoms with Crippen molar-refractivity contribution in [3.8, 4) is 11.4 Å². The van der Waals surface area contributed by atoms with E-state index in [2.05, 4.69) is 49.6 Å². The molecule has 0 radical (unpaired) electrons. The van der Waals surface area contributed by atoms with Gasteiger partial charge in [-0.05, 0) is 43.1 Å². The van der Waals surface area contributed by atoms with Crippen LogP contribution in [0, 0.1) is 11.7 Å². The highest BCUT2D eigenvalue weighted by atomic mass is 32.1. The molecule has 1 aromatic carbocycles. The number of rotatable bonds is 3. The molecule has 2 atom stereocenters. The number of benzene rings is 1. The first kappa shape index (κ1) is 16.7. The largest absolute Gasteiger partial charge is 0.310 e. The van der Waals surface area contributed by atoms with Gasteiger partial charge in [0.05, 0.1) is 6.54 Å². The molecule has 0 bridgehead atoms. The Balaban J connectivity index is 1.66. The quantitative estimate of drug-likeness (QED) is 0.716. The topological polar surface area (TPSA) is 27.2 Å². The lowest BCUT2D eigenvalue weighted by Crippen LogP contribution is -3.12. The van der Waals surface area contributed by atoms with Crippen LogP contribution in [-0.4, -0.2) is 20.9 Å². The second-order valence-corrected chi connectivity index (χ2v) is 8.18. The summed E-state index contributed by atoms with van der Waals surface area (Å²) in [6.07, 6.45) is 1.15. The van der Waals surface area contributed by atoms with Crippen molar-refractivity contribution in [3.63, 3.8) is 0 Å². The number of nitrogens with zero attached hydrogens (tertiary/aromatic N) is 3. The molecule has 25 heavy (non-hydrogen) atoms. The van der Waals surface area contributed by atoms with Crippen LogP contribution < -0.4 is 4.90 Å². The minimum atomic E-state index is 0.487. The summed E-state index contributed by atoms with van der Waals surface area (Å²) in [5, 5.41) is 7.08. The maximum absolute atomic E-state index is 5.68. The van der Waals surface area contributed by atoms with Crippen molar-refractivity contribution in [3.05, 3.63) is 56.5 Å². The lowest BCUT2D eigenvalue weighted by atomic mass is 10.0. The first-order chi connectivity index (χ1) is 12.1. The molecule has 1 unspecified atom stereocenters. The van der Waals surface area contributed by atoms with E-state index in [-0.39, 0.29) is 0 Å². The molecule has 3 heterocycles. The molecule has 3 aromatic rings. The molecule has 0 aliphatic carbocycles. The molecule has 6 heteroatoms. The van der Waals surface area contributed by atoms with Gasteiger partial charge < -0.3 is 9.47 Å². The molecule has 4 rings (SSSR count). The van der Waals surface area contributed by atoms with Gasteiger partial charge in [-0.2, -0.15) is 4.68 Å². The number of nitrogens with one attached hydrogen (secondary N) is 1. The Bertz CT molecular complexity index is 966. The maximum Gasteiger partial charge on any atom is 0.202 e. The summed E-state index contributed by atoms with van der Waals surface area (Å²) in [5.41, 5.74) is 3.86. The van der Waals surface area contributed by atoms with E-state index in [1.165, 1.54) is 16.0 Å². The molecular weight excluding hydrogens is 348 g/mol. The summed E-state index contributed by atoms with van der Waals surface area (Å²) in [6, 6.07) is 11.1. The lowest BCUT2D eigenvalue weighted by Gasteiger charge is -2.30. The zero-order valence-corrected chi connectivity index (χ0v) is 16.5. The molecular formula is C19H23N4S2+. The molecule has 0 saturated carbocycles. The van der Waals surface area contributed by atoms with Gasteiger partial charge in [-0.3, -0.25) is 0 Å². The van der Waals surface area contributed by atoms with E-state index in [9.17, 15) is 0 Å².